The summed E-state index contributed by atoms with van der Waals surface area (Å²) in [5, 5.41) is 6.79. The zero-order chi connectivity index (χ0) is 12.5. The Kier molecular flexibility index (Phi) is 3.73. The maximum absolute atomic E-state index is 4.68. The normalized spacial score (nSPS) is 16.2. The van der Waals surface area contributed by atoms with Crippen LogP contribution in [0.2, 0.25) is 0 Å². The molecular formula is C13H23N3S. The van der Waals surface area contributed by atoms with Crippen LogP contribution in [0.5, 0.6) is 0 Å². The number of aromatic nitrogens is 1. The van der Waals surface area contributed by atoms with E-state index in [1.807, 2.05) is 0 Å². The number of hydrogen-bond acceptors (Lipinski definition) is 4. The minimum atomic E-state index is 0.156. The van der Waals surface area contributed by atoms with Crippen LogP contribution in [0.15, 0.2) is 5.38 Å². The van der Waals surface area contributed by atoms with E-state index in [0.717, 1.165) is 23.3 Å². The highest BCUT2D eigenvalue weighted by molar-refractivity contribution is 7.13. The van der Waals surface area contributed by atoms with Gasteiger partial charge in [-0.15, -0.1) is 11.3 Å². The zero-order valence-corrected chi connectivity index (χ0v) is 12.1. The molecule has 0 bridgehead atoms. The van der Waals surface area contributed by atoms with Crippen LogP contribution in [0.1, 0.15) is 39.3 Å². The number of nitrogens with one attached hydrogen (secondary N) is 1. The van der Waals surface area contributed by atoms with Gasteiger partial charge < -0.3 is 10.2 Å². The van der Waals surface area contributed by atoms with Gasteiger partial charge in [0.25, 0.3) is 0 Å². The Hall–Kier alpha value is -0.610. The molecule has 4 heteroatoms. The van der Waals surface area contributed by atoms with Crippen LogP contribution < -0.4 is 10.2 Å². The van der Waals surface area contributed by atoms with Crippen LogP contribution in [0.3, 0.4) is 0 Å². The van der Waals surface area contributed by atoms with Crippen molar-refractivity contribution in [2.75, 3.05) is 18.5 Å². The molecule has 0 aliphatic heterocycles. The third kappa shape index (κ3) is 4.28. The van der Waals surface area contributed by atoms with Crippen LogP contribution >= 0.6 is 11.3 Å². The minimum Gasteiger partial charge on any atom is -0.351 e. The minimum absolute atomic E-state index is 0.156. The molecule has 1 fully saturated rings. The van der Waals surface area contributed by atoms with Crippen LogP contribution in [0.25, 0.3) is 0 Å². The number of thiazole rings is 1. The van der Waals surface area contributed by atoms with Crippen LogP contribution in [0.4, 0.5) is 5.13 Å². The molecule has 17 heavy (non-hydrogen) atoms. The molecule has 3 nitrogen and oxygen atoms in total. The molecule has 0 aromatic carbocycles. The molecule has 1 aliphatic carbocycles. The van der Waals surface area contributed by atoms with Crippen molar-refractivity contribution in [3.8, 4) is 0 Å². The second-order valence-electron chi connectivity index (χ2n) is 6.05. The number of hydrogen-bond donors (Lipinski definition) is 1. The lowest BCUT2D eigenvalue weighted by Gasteiger charge is -2.19. The van der Waals surface area contributed by atoms with E-state index in [1.165, 1.54) is 19.4 Å². The molecule has 0 saturated heterocycles. The Labute approximate surface area is 108 Å². The van der Waals surface area contributed by atoms with E-state index in [0.29, 0.717) is 0 Å². The van der Waals surface area contributed by atoms with E-state index < -0.39 is 0 Å². The summed E-state index contributed by atoms with van der Waals surface area (Å²) in [7, 11) is 2.15. The zero-order valence-electron chi connectivity index (χ0n) is 11.3. The van der Waals surface area contributed by atoms with E-state index in [1.54, 1.807) is 11.3 Å². The fourth-order valence-electron chi connectivity index (χ4n) is 1.67. The van der Waals surface area contributed by atoms with Crippen LogP contribution in [-0.2, 0) is 6.54 Å². The van der Waals surface area contributed by atoms with E-state index in [-0.39, 0.29) is 5.54 Å². The third-order valence-electron chi connectivity index (χ3n) is 2.89. The fourth-order valence-corrected chi connectivity index (χ4v) is 2.48. The highest BCUT2D eigenvalue weighted by Gasteiger charge is 2.23. The molecule has 1 aromatic heterocycles. The van der Waals surface area contributed by atoms with E-state index >= 15 is 0 Å². The molecule has 0 amide bonds. The first-order valence-corrected chi connectivity index (χ1v) is 7.22. The second-order valence-corrected chi connectivity index (χ2v) is 6.89. The smallest absolute Gasteiger partial charge is 0.185 e. The van der Waals surface area contributed by atoms with Crippen molar-refractivity contribution in [1.29, 1.82) is 0 Å². The van der Waals surface area contributed by atoms with E-state index in [4.69, 9.17) is 0 Å². The van der Waals surface area contributed by atoms with Gasteiger partial charge in [0.1, 0.15) is 0 Å². The molecule has 1 aromatic rings. The first-order valence-electron chi connectivity index (χ1n) is 6.34. The van der Waals surface area contributed by atoms with Crippen molar-refractivity contribution in [2.24, 2.45) is 5.92 Å². The Balaban J connectivity index is 1.86. The third-order valence-corrected chi connectivity index (χ3v) is 3.90. The average molecular weight is 253 g/mol. The Morgan fingerprint density at radius 1 is 1.47 bits per heavy atom. The maximum Gasteiger partial charge on any atom is 0.185 e. The summed E-state index contributed by atoms with van der Waals surface area (Å²) >= 11 is 1.75. The summed E-state index contributed by atoms with van der Waals surface area (Å²) in [5.74, 6) is 0.917. The lowest BCUT2D eigenvalue weighted by molar-refractivity contribution is 0.422. The van der Waals surface area contributed by atoms with Gasteiger partial charge in [-0.2, -0.15) is 0 Å². The molecule has 1 aliphatic rings. The Morgan fingerprint density at radius 2 is 2.18 bits per heavy atom. The molecule has 0 atom stereocenters. The summed E-state index contributed by atoms with van der Waals surface area (Å²) in [5.41, 5.74) is 1.31. The van der Waals surface area contributed by atoms with Gasteiger partial charge in [-0.05, 0) is 39.5 Å². The quantitative estimate of drug-likeness (QED) is 0.874. The summed E-state index contributed by atoms with van der Waals surface area (Å²) in [6, 6.07) is 0. The second kappa shape index (κ2) is 4.94. The molecule has 0 unspecified atom stereocenters. The van der Waals surface area contributed by atoms with Crippen molar-refractivity contribution < 1.29 is 0 Å². The summed E-state index contributed by atoms with van der Waals surface area (Å²) in [6.07, 6.45) is 2.79. The number of nitrogens with zero attached hydrogens (tertiary/aromatic N) is 2. The molecular weight excluding hydrogens is 230 g/mol. The molecule has 2 rings (SSSR count). The SMILES string of the molecule is CN(CC1CC1)c1nc(CNC(C)(C)C)cs1. The van der Waals surface area contributed by atoms with Crippen molar-refractivity contribution in [1.82, 2.24) is 10.3 Å². The average Bonchev–Trinajstić information content (AvgIpc) is 2.91. The van der Waals surface area contributed by atoms with E-state index in [2.05, 4.69) is 48.4 Å². The molecule has 1 saturated carbocycles. The van der Waals surface area contributed by atoms with Crippen molar-refractivity contribution in [3.05, 3.63) is 11.1 Å². The van der Waals surface area contributed by atoms with Gasteiger partial charge in [0, 0.05) is 31.1 Å². The van der Waals surface area contributed by atoms with Gasteiger partial charge in [0.05, 0.1) is 5.69 Å². The lowest BCUT2D eigenvalue weighted by atomic mass is 10.1. The maximum atomic E-state index is 4.68. The van der Waals surface area contributed by atoms with Crippen LogP contribution in [-0.4, -0.2) is 24.1 Å². The van der Waals surface area contributed by atoms with Gasteiger partial charge >= 0.3 is 0 Å². The highest BCUT2D eigenvalue weighted by Crippen LogP contribution is 2.31. The Bertz CT molecular complexity index is 363. The molecule has 0 radical (unpaired) electrons. The fraction of sp³-hybridized carbons (Fsp3) is 0.769. The van der Waals surface area contributed by atoms with Gasteiger partial charge in [0.2, 0.25) is 0 Å². The molecule has 1 N–H and O–H groups in total. The topological polar surface area (TPSA) is 28.2 Å². The first kappa shape index (κ1) is 12.8. The number of anilines is 1. The lowest BCUT2D eigenvalue weighted by Crippen LogP contribution is -2.35. The van der Waals surface area contributed by atoms with Crippen LogP contribution in [0, 0.1) is 5.92 Å². The predicted octanol–water partition coefficient (Wildman–Crippen LogP) is 2.88. The van der Waals surface area contributed by atoms with Crippen molar-refractivity contribution >= 4 is 16.5 Å². The molecule has 96 valence electrons. The van der Waals surface area contributed by atoms with Gasteiger partial charge in [0.15, 0.2) is 5.13 Å². The molecule has 1 heterocycles. The number of rotatable bonds is 5. The van der Waals surface area contributed by atoms with Crippen molar-refractivity contribution in [3.63, 3.8) is 0 Å². The predicted molar refractivity (Wildman–Crippen MR) is 74.7 cm³/mol. The Morgan fingerprint density at radius 3 is 2.76 bits per heavy atom. The summed E-state index contributed by atoms with van der Waals surface area (Å²) in [4.78, 5) is 6.97. The van der Waals surface area contributed by atoms with Gasteiger partial charge in [-0.25, -0.2) is 4.98 Å². The monoisotopic (exact) mass is 253 g/mol. The summed E-state index contributed by atoms with van der Waals surface area (Å²) in [6.45, 7) is 8.56. The van der Waals surface area contributed by atoms with Gasteiger partial charge in [-0.1, -0.05) is 0 Å². The largest absolute Gasteiger partial charge is 0.351 e. The first-order chi connectivity index (χ1) is 7.94. The van der Waals surface area contributed by atoms with Gasteiger partial charge in [-0.3, -0.25) is 0 Å². The van der Waals surface area contributed by atoms with E-state index in [9.17, 15) is 0 Å². The standard InChI is InChI=1S/C13H23N3S/c1-13(2,3)14-7-11-9-17-12(15-11)16(4)8-10-5-6-10/h9-10,14H,5-8H2,1-4H3. The molecule has 0 spiro atoms. The van der Waals surface area contributed by atoms with Crippen molar-refractivity contribution in [2.45, 2.75) is 45.7 Å². The summed E-state index contributed by atoms with van der Waals surface area (Å²) < 4.78 is 0. The highest BCUT2D eigenvalue weighted by atomic mass is 32.1.